The van der Waals surface area contributed by atoms with Gasteiger partial charge in [0.05, 0.1) is 24.9 Å². The fourth-order valence-corrected chi connectivity index (χ4v) is 5.82. The first kappa shape index (κ1) is 22.3. The highest BCUT2D eigenvalue weighted by atomic mass is 28.4. The van der Waals surface area contributed by atoms with Crippen molar-refractivity contribution in [2.45, 2.75) is 110 Å². The third-order valence-corrected chi connectivity index (χ3v) is 12.2. The monoisotopic (exact) mass is 386 g/mol. The summed E-state index contributed by atoms with van der Waals surface area (Å²) in [5.74, 6) is -0.319. The van der Waals surface area contributed by atoms with E-state index < -0.39 is 19.7 Å². The zero-order valence-corrected chi connectivity index (χ0v) is 19.6. The minimum Gasteiger partial charge on any atom is -0.413 e. The van der Waals surface area contributed by atoms with Crippen molar-refractivity contribution in [3.63, 3.8) is 0 Å². The van der Waals surface area contributed by atoms with Gasteiger partial charge in [-0.25, -0.2) is 0 Å². The summed E-state index contributed by atoms with van der Waals surface area (Å²) in [4.78, 5) is 0. The summed E-state index contributed by atoms with van der Waals surface area (Å²) in [6, 6.07) is 0. The first-order valence-corrected chi connectivity index (χ1v) is 13.2. The standard InChI is InChI=1S/C21H42O4Si/c1-16-10-11-17(25-26(8,9)18(2,3)4)19(5,6)21(16,22)13-12-20(7)23-14-15-24-20/h16-17,22H,10-15H2,1-9H3/t16?,17-,21?/m0/s1. The van der Waals surface area contributed by atoms with Gasteiger partial charge in [-0.2, -0.15) is 0 Å². The molecule has 0 radical (unpaired) electrons. The van der Waals surface area contributed by atoms with E-state index >= 15 is 0 Å². The van der Waals surface area contributed by atoms with E-state index in [4.69, 9.17) is 13.9 Å². The van der Waals surface area contributed by atoms with Gasteiger partial charge in [-0.15, -0.1) is 0 Å². The highest BCUT2D eigenvalue weighted by Crippen LogP contribution is 2.53. The molecule has 1 saturated heterocycles. The number of aliphatic hydroxyl groups is 1. The quantitative estimate of drug-likeness (QED) is 0.667. The Bertz CT molecular complexity index is 491. The molecule has 0 amide bonds. The number of ether oxygens (including phenoxy) is 2. The van der Waals surface area contributed by atoms with Gasteiger partial charge in [0.2, 0.25) is 0 Å². The number of hydrogen-bond donors (Lipinski definition) is 1. The molecule has 26 heavy (non-hydrogen) atoms. The molecule has 0 bridgehead atoms. The molecule has 0 aromatic heterocycles. The molecule has 2 aliphatic rings. The van der Waals surface area contributed by atoms with Crippen LogP contribution >= 0.6 is 0 Å². The van der Waals surface area contributed by atoms with Crippen molar-refractivity contribution < 1.29 is 19.0 Å². The van der Waals surface area contributed by atoms with E-state index in [-0.39, 0.29) is 22.5 Å². The highest BCUT2D eigenvalue weighted by Gasteiger charge is 2.57. The average molecular weight is 387 g/mol. The second kappa shape index (κ2) is 7.14. The van der Waals surface area contributed by atoms with E-state index in [9.17, 15) is 5.11 Å². The van der Waals surface area contributed by atoms with Gasteiger partial charge in [0, 0.05) is 11.8 Å². The second-order valence-electron chi connectivity index (χ2n) is 10.8. The summed E-state index contributed by atoms with van der Waals surface area (Å²) in [6.07, 6.45) is 3.49. The van der Waals surface area contributed by atoms with Crippen molar-refractivity contribution in [2.24, 2.45) is 11.3 Å². The minimum absolute atomic E-state index is 0.0859. The fraction of sp³-hybridized carbons (Fsp3) is 1.00. The van der Waals surface area contributed by atoms with Crippen LogP contribution in [0.25, 0.3) is 0 Å². The maximum atomic E-state index is 11.8. The van der Waals surface area contributed by atoms with E-state index in [0.717, 1.165) is 12.8 Å². The van der Waals surface area contributed by atoms with Gasteiger partial charge in [0.15, 0.2) is 14.1 Å². The van der Waals surface area contributed by atoms with Gasteiger partial charge in [0.1, 0.15) is 0 Å². The molecular formula is C21H42O4Si. The molecule has 3 atom stereocenters. The van der Waals surface area contributed by atoms with Gasteiger partial charge < -0.3 is 19.0 Å². The molecule has 2 unspecified atom stereocenters. The van der Waals surface area contributed by atoms with Gasteiger partial charge in [-0.1, -0.05) is 41.5 Å². The summed E-state index contributed by atoms with van der Waals surface area (Å²) < 4.78 is 18.4. The van der Waals surface area contributed by atoms with Crippen LogP contribution in [0.4, 0.5) is 0 Å². The summed E-state index contributed by atoms with van der Waals surface area (Å²) in [5.41, 5.74) is -1.09. The Morgan fingerprint density at radius 1 is 1.04 bits per heavy atom. The molecule has 0 spiro atoms. The van der Waals surface area contributed by atoms with Crippen molar-refractivity contribution >= 4 is 8.32 Å². The highest BCUT2D eigenvalue weighted by molar-refractivity contribution is 6.74. The predicted molar refractivity (Wildman–Crippen MR) is 109 cm³/mol. The molecule has 1 heterocycles. The molecule has 0 aromatic carbocycles. The van der Waals surface area contributed by atoms with Crippen molar-refractivity contribution in [1.29, 1.82) is 0 Å². The normalized spacial score (nSPS) is 34.8. The van der Waals surface area contributed by atoms with Crippen LogP contribution in [0.2, 0.25) is 18.1 Å². The van der Waals surface area contributed by atoms with Crippen molar-refractivity contribution in [2.75, 3.05) is 13.2 Å². The zero-order valence-electron chi connectivity index (χ0n) is 18.6. The summed E-state index contributed by atoms with van der Waals surface area (Å²) in [6.45, 7) is 21.3. The molecule has 2 fully saturated rings. The average Bonchev–Trinajstić information content (AvgIpc) is 2.93. The van der Waals surface area contributed by atoms with Crippen LogP contribution in [0.5, 0.6) is 0 Å². The maximum absolute atomic E-state index is 11.8. The zero-order chi connectivity index (χ0) is 20.0. The molecule has 1 aliphatic carbocycles. The van der Waals surface area contributed by atoms with E-state index in [2.05, 4.69) is 54.6 Å². The third kappa shape index (κ3) is 4.07. The first-order valence-electron chi connectivity index (χ1n) is 10.3. The van der Waals surface area contributed by atoms with Crippen molar-refractivity contribution in [3.8, 4) is 0 Å². The number of rotatable bonds is 5. The molecule has 154 valence electrons. The Labute approximate surface area is 162 Å². The molecule has 1 aliphatic heterocycles. The summed E-state index contributed by atoms with van der Waals surface area (Å²) in [5, 5.41) is 12.0. The molecule has 1 N–H and O–H groups in total. The second-order valence-corrected chi connectivity index (χ2v) is 15.6. The van der Waals surface area contributed by atoms with E-state index in [1.807, 2.05) is 6.92 Å². The Morgan fingerprint density at radius 3 is 2.08 bits per heavy atom. The van der Waals surface area contributed by atoms with Crippen LogP contribution in [0.1, 0.15) is 74.1 Å². The van der Waals surface area contributed by atoms with Crippen LogP contribution in [0.3, 0.4) is 0 Å². The van der Waals surface area contributed by atoms with Crippen LogP contribution in [-0.4, -0.2) is 44.1 Å². The Hall–Kier alpha value is 0.0569. The largest absolute Gasteiger partial charge is 0.413 e. The van der Waals surface area contributed by atoms with Crippen molar-refractivity contribution in [1.82, 2.24) is 0 Å². The molecule has 2 rings (SSSR count). The van der Waals surface area contributed by atoms with Crippen LogP contribution < -0.4 is 0 Å². The predicted octanol–water partition coefficient (Wildman–Crippen LogP) is 5.11. The molecular weight excluding hydrogens is 344 g/mol. The van der Waals surface area contributed by atoms with E-state index in [0.29, 0.717) is 26.1 Å². The van der Waals surface area contributed by atoms with E-state index in [1.165, 1.54) is 0 Å². The fourth-order valence-electron chi connectivity index (χ4n) is 4.34. The van der Waals surface area contributed by atoms with Crippen LogP contribution in [0.15, 0.2) is 0 Å². The lowest BCUT2D eigenvalue weighted by atomic mass is 9.57. The van der Waals surface area contributed by atoms with Gasteiger partial charge in [0.25, 0.3) is 0 Å². The lowest BCUT2D eigenvalue weighted by Gasteiger charge is -2.57. The van der Waals surface area contributed by atoms with Gasteiger partial charge in [-0.05, 0) is 50.2 Å². The Balaban J connectivity index is 2.19. The lowest BCUT2D eigenvalue weighted by Crippen LogP contribution is -2.62. The molecule has 5 heteroatoms. The van der Waals surface area contributed by atoms with Crippen LogP contribution in [0, 0.1) is 11.3 Å². The first-order chi connectivity index (χ1) is 11.6. The van der Waals surface area contributed by atoms with Gasteiger partial charge in [-0.3, -0.25) is 0 Å². The maximum Gasteiger partial charge on any atom is 0.192 e. The number of hydrogen-bond acceptors (Lipinski definition) is 4. The minimum atomic E-state index is -1.89. The van der Waals surface area contributed by atoms with Crippen LogP contribution in [-0.2, 0) is 13.9 Å². The molecule has 1 saturated carbocycles. The third-order valence-electron chi connectivity index (χ3n) is 7.70. The molecule has 4 nitrogen and oxygen atoms in total. The van der Waals surface area contributed by atoms with Gasteiger partial charge >= 0.3 is 0 Å². The van der Waals surface area contributed by atoms with E-state index in [1.54, 1.807) is 0 Å². The summed E-state index contributed by atoms with van der Waals surface area (Å²) >= 11 is 0. The Kier molecular flexibility index (Phi) is 6.14. The SMILES string of the molecule is CC1CC[C@H](O[Si](C)(C)C(C)(C)C)C(C)(C)C1(O)CCC1(C)OCCO1. The smallest absolute Gasteiger partial charge is 0.192 e. The lowest BCUT2D eigenvalue weighted by molar-refractivity contribution is -0.206. The Morgan fingerprint density at radius 2 is 1.58 bits per heavy atom. The molecule has 0 aromatic rings. The van der Waals surface area contributed by atoms with Crippen molar-refractivity contribution in [3.05, 3.63) is 0 Å². The topological polar surface area (TPSA) is 47.9 Å². The summed E-state index contributed by atoms with van der Waals surface area (Å²) in [7, 11) is -1.89.